The fraction of sp³-hybridized carbons (Fsp3) is 0.500. The van der Waals surface area contributed by atoms with Crippen molar-refractivity contribution in [3.63, 3.8) is 0 Å². The van der Waals surface area contributed by atoms with Gasteiger partial charge in [-0.2, -0.15) is 5.10 Å². The number of sulfonamides is 1. The van der Waals surface area contributed by atoms with E-state index in [-0.39, 0.29) is 5.75 Å². The van der Waals surface area contributed by atoms with Crippen LogP contribution in [0.15, 0.2) is 29.4 Å². The summed E-state index contributed by atoms with van der Waals surface area (Å²) in [5.74, 6) is -0.0165. The monoisotopic (exact) mass is 438 g/mol. The summed E-state index contributed by atoms with van der Waals surface area (Å²) in [4.78, 5) is 2.25. The van der Waals surface area contributed by atoms with Crippen molar-refractivity contribution in [3.05, 3.63) is 29.8 Å². The third-order valence-electron chi connectivity index (χ3n) is 2.98. The van der Waals surface area contributed by atoms with E-state index in [0.29, 0.717) is 0 Å². The Morgan fingerprint density at radius 2 is 2.00 bits per heavy atom. The van der Waals surface area contributed by atoms with Crippen molar-refractivity contribution >= 4 is 44.5 Å². The number of benzene rings is 1. The molecule has 0 heterocycles. The summed E-state index contributed by atoms with van der Waals surface area (Å²) < 4.78 is 26.2. The van der Waals surface area contributed by atoms with E-state index in [2.05, 4.69) is 49.8 Å². The van der Waals surface area contributed by atoms with E-state index in [0.717, 1.165) is 35.2 Å². The minimum atomic E-state index is -3.23. The number of halogens is 1. The van der Waals surface area contributed by atoms with E-state index in [1.54, 1.807) is 12.1 Å². The Labute approximate surface area is 146 Å². The minimum absolute atomic E-state index is 0.0165. The SMILES string of the molecule is CNS(=O)(=O)Cc1ccc(N/N=C\CCCN(C)CI)cc1. The molecule has 22 heavy (non-hydrogen) atoms. The molecule has 1 aromatic rings. The largest absolute Gasteiger partial charge is 0.297 e. The number of alkyl halides is 1. The maximum absolute atomic E-state index is 11.4. The predicted molar refractivity (Wildman–Crippen MR) is 101 cm³/mol. The van der Waals surface area contributed by atoms with E-state index in [9.17, 15) is 8.42 Å². The van der Waals surface area contributed by atoms with Gasteiger partial charge in [0.25, 0.3) is 0 Å². The number of unbranched alkanes of at least 4 members (excludes halogenated alkanes) is 1. The van der Waals surface area contributed by atoms with Gasteiger partial charge in [-0.05, 0) is 51.2 Å². The van der Waals surface area contributed by atoms with Crippen LogP contribution in [0.1, 0.15) is 18.4 Å². The molecule has 6 nitrogen and oxygen atoms in total. The second-order valence-corrected chi connectivity index (χ2v) is 7.53. The second kappa shape index (κ2) is 10.1. The lowest BCUT2D eigenvalue weighted by Gasteiger charge is -2.10. The lowest BCUT2D eigenvalue weighted by molar-refractivity contribution is 0.397. The Kier molecular flexibility index (Phi) is 8.91. The van der Waals surface area contributed by atoms with E-state index in [1.165, 1.54) is 7.05 Å². The molecule has 0 aromatic heterocycles. The van der Waals surface area contributed by atoms with Gasteiger partial charge in [0.05, 0.1) is 16.0 Å². The van der Waals surface area contributed by atoms with Gasteiger partial charge in [0.2, 0.25) is 10.0 Å². The van der Waals surface area contributed by atoms with Crippen LogP contribution >= 0.6 is 22.6 Å². The number of nitrogens with zero attached hydrogens (tertiary/aromatic N) is 2. The highest BCUT2D eigenvalue weighted by Crippen LogP contribution is 2.11. The van der Waals surface area contributed by atoms with Crippen LogP contribution in [0.3, 0.4) is 0 Å². The van der Waals surface area contributed by atoms with Gasteiger partial charge in [0.15, 0.2) is 0 Å². The van der Waals surface area contributed by atoms with Gasteiger partial charge in [-0.25, -0.2) is 13.1 Å². The molecule has 0 radical (unpaired) electrons. The smallest absolute Gasteiger partial charge is 0.215 e. The van der Waals surface area contributed by atoms with Gasteiger partial charge in [-0.1, -0.05) is 34.7 Å². The molecule has 0 amide bonds. The first kappa shape index (κ1) is 19.3. The lowest BCUT2D eigenvalue weighted by atomic mass is 10.2. The van der Waals surface area contributed by atoms with Crippen LogP contribution in [0, 0.1) is 0 Å². The quantitative estimate of drug-likeness (QED) is 0.147. The fourth-order valence-corrected chi connectivity index (χ4v) is 2.78. The summed E-state index contributed by atoms with van der Waals surface area (Å²) in [5.41, 5.74) is 4.52. The zero-order valence-corrected chi connectivity index (χ0v) is 15.9. The first-order chi connectivity index (χ1) is 10.5. The second-order valence-electron chi connectivity index (χ2n) is 4.93. The molecule has 0 bridgehead atoms. The van der Waals surface area contributed by atoms with Gasteiger partial charge in [-0.15, -0.1) is 0 Å². The summed E-state index contributed by atoms with van der Waals surface area (Å²) >= 11 is 2.34. The van der Waals surface area contributed by atoms with E-state index in [1.807, 2.05) is 18.3 Å². The molecule has 0 unspecified atom stereocenters. The van der Waals surface area contributed by atoms with Crippen LogP contribution in [0.25, 0.3) is 0 Å². The molecular formula is C14H23IN4O2S. The maximum Gasteiger partial charge on any atom is 0.215 e. The topological polar surface area (TPSA) is 73.8 Å². The van der Waals surface area contributed by atoms with Crippen LogP contribution in [0.2, 0.25) is 0 Å². The molecule has 0 fully saturated rings. The number of hydrogen-bond donors (Lipinski definition) is 2. The van der Waals surface area contributed by atoms with Crippen LogP contribution < -0.4 is 10.1 Å². The van der Waals surface area contributed by atoms with Gasteiger partial charge >= 0.3 is 0 Å². The molecular weight excluding hydrogens is 415 g/mol. The molecule has 2 N–H and O–H groups in total. The van der Waals surface area contributed by atoms with Crippen molar-refractivity contribution in [2.45, 2.75) is 18.6 Å². The van der Waals surface area contributed by atoms with E-state index < -0.39 is 10.0 Å². The minimum Gasteiger partial charge on any atom is -0.297 e. The highest BCUT2D eigenvalue weighted by Gasteiger charge is 2.07. The molecule has 8 heteroatoms. The average molecular weight is 438 g/mol. The Hall–Kier alpha value is -0.710. The standard InChI is InChI=1S/C14H23IN4O2S/c1-16-22(20,21)11-13-5-7-14(8-6-13)18-17-9-3-4-10-19(2)12-15/h5-9,16,18H,3-4,10-12H2,1-2H3/b17-9-. The molecule has 0 saturated heterocycles. The van der Waals surface area contributed by atoms with Crippen molar-refractivity contribution in [2.75, 3.05) is 30.6 Å². The summed E-state index contributed by atoms with van der Waals surface area (Å²) in [6.45, 7) is 1.06. The molecule has 1 aromatic carbocycles. The van der Waals surface area contributed by atoms with Crippen molar-refractivity contribution in [3.8, 4) is 0 Å². The summed E-state index contributed by atoms with van der Waals surface area (Å²) in [6, 6.07) is 7.20. The molecule has 0 saturated carbocycles. The summed E-state index contributed by atoms with van der Waals surface area (Å²) in [5, 5.41) is 4.16. The third kappa shape index (κ3) is 8.06. The van der Waals surface area contributed by atoms with Gasteiger partial charge in [0, 0.05) is 6.21 Å². The molecule has 0 aliphatic heterocycles. The lowest BCUT2D eigenvalue weighted by Crippen LogP contribution is -2.20. The average Bonchev–Trinajstić information content (AvgIpc) is 2.51. The van der Waals surface area contributed by atoms with Crippen LogP contribution in [-0.4, -0.2) is 44.7 Å². The van der Waals surface area contributed by atoms with Crippen LogP contribution in [0.5, 0.6) is 0 Å². The molecule has 124 valence electrons. The Morgan fingerprint density at radius 1 is 1.32 bits per heavy atom. The number of hydrogen-bond acceptors (Lipinski definition) is 5. The summed E-state index contributed by atoms with van der Waals surface area (Å²) in [6.07, 6.45) is 3.86. The molecule has 0 atom stereocenters. The predicted octanol–water partition coefficient (Wildman–Crippen LogP) is 2.24. The van der Waals surface area contributed by atoms with E-state index >= 15 is 0 Å². The van der Waals surface area contributed by atoms with E-state index in [4.69, 9.17) is 0 Å². The Bertz CT molecular complexity index is 561. The fourth-order valence-electron chi connectivity index (χ4n) is 1.66. The van der Waals surface area contributed by atoms with Crippen molar-refractivity contribution in [1.82, 2.24) is 9.62 Å². The van der Waals surface area contributed by atoms with Crippen molar-refractivity contribution < 1.29 is 8.42 Å². The molecule has 0 aliphatic rings. The zero-order valence-electron chi connectivity index (χ0n) is 12.9. The van der Waals surface area contributed by atoms with Crippen molar-refractivity contribution in [2.24, 2.45) is 5.10 Å². The number of hydrazone groups is 1. The third-order valence-corrected chi connectivity index (χ3v) is 5.48. The van der Waals surface area contributed by atoms with Crippen molar-refractivity contribution in [1.29, 1.82) is 0 Å². The Balaban J connectivity index is 2.35. The Morgan fingerprint density at radius 3 is 2.59 bits per heavy atom. The van der Waals surface area contributed by atoms with Gasteiger partial charge < -0.3 is 0 Å². The maximum atomic E-state index is 11.4. The van der Waals surface area contributed by atoms with Crippen LogP contribution in [-0.2, 0) is 15.8 Å². The van der Waals surface area contributed by atoms with Crippen LogP contribution in [0.4, 0.5) is 5.69 Å². The highest BCUT2D eigenvalue weighted by atomic mass is 127. The van der Waals surface area contributed by atoms with Gasteiger partial charge in [0.1, 0.15) is 0 Å². The molecule has 1 rings (SSSR count). The molecule has 0 spiro atoms. The first-order valence-electron chi connectivity index (χ1n) is 6.99. The number of rotatable bonds is 10. The zero-order chi connectivity index (χ0) is 16.4. The molecule has 0 aliphatic carbocycles. The normalized spacial score (nSPS) is 12.2. The summed E-state index contributed by atoms with van der Waals surface area (Å²) in [7, 11) is 0.283. The van der Waals surface area contributed by atoms with Gasteiger partial charge in [-0.3, -0.25) is 10.3 Å². The first-order valence-corrected chi connectivity index (χ1v) is 10.2. The number of anilines is 1. The number of nitrogens with one attached hydrogen (secondary N) is 2. The highest BCUT2D eigenvalue weighted by molar-refractivity contribution is 14.1.